The molecule has 2 N–H and O–H groups in total. The van der Waals surface area contributed by atoms with Crippen LogP contribution in [0.1, 0.15) is 23.2 Å². The lowest BCUT2D eigenvalue weighted by Crippen LogP contribution is -2.45. The Morgan fingerprint density at radius 2 is 1.93 bits per heavy atom. The van der Waals surface area contributed by atoms with E-state index in [0.29, 0.717) is 41.7 Å². The molecule has 1 saturated heterocycles. The van der Waals surface area contributed by atoms with E-state index >= 15 is 0 Å². The molecule has 7 heteroatoms. The standard InChI is InChI=1S/C21H24ClN3O3/c1-28-19-11-5-4-10-18(19)24-21(27)25-12-6-7-15(14-25)13-23-20(26)16-8-2-3-9-17(16)22/h2-5,8-11,15H,6-7,12-14H2,1H3,(H,23,26)(H,24,27)/t15-/m0/s1. The minimum Gasteiger partial charge on any atom is -0.495 e. The van der Waals surface area contributed by atoms with E-state index < -0.39 is 0 Å². The molecule has 0 radical (unpaired) electrons. The fourth-order valence-corrected chi connectivity index (χ4v) is 3.56. The number of nitrogens with one attached hydrogen (secondary N) is 2. The summed E-state index contributed by atoms with van der Waals surface area (Å²) >= 11 is 6.07. The van der Waals surface area contributed by atoms with Crippen molar-refractivity contribution in [1.29, 1.82) is 0 Å². The third-order valence-corrected chi connectivity index (χ3v) is 5.15. The van der Waals surface area contributed by atoms with Gasteiger partial charge in [-0.2, -0.15) is 0 Å². The Bertz CT molecular complexity index is 843. The van der Waals surface area contributed by atoms with Crippen LogP contribution in [0.25, 0.3) is 0 Å². The highest BCUT2D eigenvalue weighted by Gasteiger charge is 2.25. The van der Waals surface area contributed by atoms with Crippen molar-refractivity contribution in [3.05, 3.63) is 59.1 Å². The first kappa shape index (κ1) is 20.0. The van der Waals surface area contributed by atoms with Gasteiger partial charge in [-0.1, -0.05) is 35.9 Å². The van der Waals surface area contributed by atoms with Crippen molar-refractivity contribution in [2.75, 3.05) is 32.1 Å². The van der Waals surface area contributed by atoms with Crippen molar-refractivity contribution in [2.24, 2.45) is 5.92 Å². The van der Waals surface area contributed by atoms with Gasteiger partial charge in [0.05, 0.1) is 23.4 Å². The lowest BCUT2D eigenvalue weighted by molar-refractivity contribution is 0.0938. The number of amides is 3. The second kappa shape index (κ2) is 9.46. The van der Waals surface area contributed by atoms with E-state index in [2.05, 4.69) is 10.6 Å². The predicted molar refractivity (Wildman–Crippen MR) is 110 cm³/mol. The third kappa shape index (κ3) is 4.95. The first-order valence-corrected chi connectivity index (χ1v) is 9.68. The maximum absolute atomic E-state index is 12.6. The van der Waals surface area contributed by atoms with Gasteiger partial charge in [0.2, 0.25) is 0 Å². The van der Waals surface area contributed by atoms with E-state index in [1.165, 1.54) is 0 Å². The summed E-state index contributed by atoms with van der Waals surface area (Å²) in [6.07, 6.45) is 1.85. The summed E-state index contributed by atoms with van der Waals surface area (Å²) in [6, 6.07) is 14.1. The molecule has 1 fully saturated rings. The first-order chi connectivity index (χ1) is 13.6. The number of nitrogens with zero attached hydrogens (tertiary/aromatic N) is 1. The Kier molecular flexibility index (Phi) is 6.76. The van der Waals surface area contributed by atoms with Crippen LogP contribution in [0.3, 0.4) is 0 Å². The number of para-hydroxylation sites is 2. The average molecular weight is 402 g/mol. The van der Waals surface area contributed by atoms with Gasteiger partial charge < -0.3 is 20.3 Å². The average Bonchev–Trinajstić information content (AvgIpc) is 2.73. The monoisotopic (exact) mass is 401 g/mol. The van der Waals surface area contributed by atoms with Crippen molar-refractivity contribution in [1.82, 2.24) is 10.2 Å². The highest BCUT2D eigenvalue weighted by molar-refractivity contribution is 6.33. The second-order valence-electron chi connectivity index (χ2n) is 6.77. The fourth-order valence-electron chi connectivity index (χ4n) is 3.34. The quantitative estimate of drug-likeness (QED) is 0.794. The lowest BCUT2D eigenvalue weighted by Gasteiger charge is -2.33. The van der Waals surface area contributed by atoms with Crippen LogP contribution in [-0.4, -0.2) is 43.6 Å². The Labute approximate surface area is 169 Å². The molecule has 148 valence electrons. The molecule has 0 spiro atoms. The topological polar surface area (TPSA) is 70.7 Å². The van der Waals surface area contributed by atoms with Gasteiger partial charge in [0.1, 0.15) is 5.75 Å². The molecule has 28 heavy (non-hydrogen) atoms. The van der Waals surface area contributed by atoms with Gasteiger partial charge in [-0.05, 0) is 43.0 Å². The molecule has 3 amide bonds. The normalized spacial score (nSPS) is 16.4. The van der Waals surface area contributed by atoms with Crippen LogP contribution in [-0.2, 0) is 0 Å². The van der Waals surface area contributed by atoms with Crippen LogP contribution in [0, 0.1) is 5.92 Å². The molecule has 0 saturated carbocycles. The van der Waals surface area contributed by atoms with Gasteiger partial charge in [0.25, 0.3) is 5.91 Å². The summed E-state index contributed by atoms with van der Waals surface area (Å²) in [4.78, 5) is 26.8. The highest BCUT2D eigenvalue weighted by Crippen LogP contribution is 2.24. The highest BCUT2D eigenvalue weighted by atomic mass is 35.5. The largest absolute Gasteiger partial charge is 0.495 e. The Morgan fingerprint density at radius 3 is 2.71 bits per heavy atom. The number of halogens is 1. The van der Waals surface area contributed by atoms with Gasteiger partial charge in [0.15, 0.2) is 0 Å². The number of rotatable bonds is 5. The second-order valence-corrected chi connectivity index (χ2v) is 7.18. The first-order valence-electron chi connectivity index (χ1n) is 9.30. The van der Waals surface area contributed by atoms with E-state index in [1.807, 2.05) is 18.2 Å². The number of piperidine rings is 1. The molecule has 0 aliphatic carbocycles. The summed E-state index contributed by atoms with van der Waals surface area (Å²) in [5.41, 5.74) is 1.11. The molecular formula is C21H24ClN3O3. The summed E-state index contributed by atoms with van der Waals surface area (Å²) in [6.45, 7) is 1.78. The molecule has 1 aliphatic rings. The van der Waals surface area contributed by atoms with Gasteiger partial charge in [0, 0.05) is 19.6 Å². The summed E-state index contributed by atoms with van der Waals surface area (Å²) in [7, 11) is 1.57. The summed E-state index contributed by atoms with van der Waals surface area (Å²) < 4.78 is 5.28. The molecule has 1 heterocycles. The number of ether oxygens (including phenoxy) is 1. The van der Waals surface area contributed by atoms with Crippen LogP contribution >= 0.6 is 11.6 Å². The molecule has 0 aromatic heterocycles. The van der Waals surface area contributed by atoms with Gasteiger partial charge >= 0.3 is 6.03 Å². The van der Waals surface area contributed by atoms with Gasteiger partial charge in [-0.15, -0.1) is 0 Å². The van der Waals surface area contributed by atoms with E-state index in [-0.39, 0.29) is 17.9 Å². The van der Waals surface area contributed by atoms with Crippen LogP contribution in [0.2, 0.25) is 5.02 Å². The molecule has 3 rings (SSSR count). The maximum Gasteiger partial charge on any atom is 0.321 e. The number of carbonyl (C=O) groups is 2. The number of hydrogen-bond acceptors (Lipinski definition) is 3. The van der Waals surface area contributed by atoms with Crippen molar-refractivity contribution < 1.29 is 14.3 Å². The minimum atomic E-state index is -0.193. The fraction of sp³-hybridized carbons (Fsp3) is 0.333. The van der Waals surface area contributed by atoms with E-state index in [1.54, 1.807) is 42.3 Å². The van der Waals surface area contributed by atoms with Crippen molar-refractivity contribution in [3.63, 3.8) is 0 Å². The van der Waals surface area contributed by atoms with Crippen LogP contribution in [0.5, 0.6) is 5.75 Å². The predicted octanol–water partition coefficient (Wildman–Crippen LogP) is 4.02. The number of hydrogen-bond donors (Lipinski definition) is 2. The van der Waals surface area contributed by atoms with Crippen molar-refractivity contribution >= 4 is 29.2 Å². The number of anilines is 1. The van der Waals surface area contributed by atoms with Gasteiger partial charge in [-0.3, -0.25) is 4.79 Å². The number of benzene rings is 2. The third-order valence-electron chi connectivity index (χ3n) is 4.82. The molecule has 2 aromatic carbocycles. The van der Waals surface area contributed by atoms with Crippen molar-refractivity contribution in [3.8, 4) is 5.75 Å². The van der Waals surface area contributed by atoms with E-state index in [4.69, 9.17) is 16.3 Å². The molecule has 0 unspecified atom stereocenters. The Balaban J connectivity index is 1.54. The Hall–Kier alpha value is -2.73. The molecule has 2 aromatic rings. The van der Waals surface area contributed by atoms with Crippen LogP contribution in [0.15, 0.2) is 48.5 Å². The number of likely N-dealkylation sites (tertiary alicyclic amines) is 1. The summed E-state index contributed by atoms with van der Waals surface area (Å²) in [5.74, 6) is 0.626. The Morgan fingerprint density at radius 1 is 1.18 bits per heavy atom. The lowest BCUT2D eigenvalue weighted by atomic mass is 9.98. The molecular weight excluding hydrogens is 378 g/mol. The van der Waals surface area contributed by atoms with Crippen LogP contribution < -0.4 is 15.4 Å². The van der Waals surface area contributed by atoms with E-state index in [9.17, 15) is 9.59 Å². The number of carbonyl (C=O) groups excluding carboxylic acids is 2. The smallest absolute Gasteiger partial charge is 0.321 e. The molecule has 1 aliphatic heterocycles. The SMILES string of the molecule is COc1ccccc1NC(=O)N1CCC[C@@H](CNC(=O)c2ccccc2Cl)C1. The van der Waals surface area contributed by atoms with E-state index in [0.717, 1.165) is 12.8 Å². The zero-order chi connectivity index (χ0) is 19.9. The summed E-state index contributed by atoms with van der Waals surface area (Å²) in [5, 5.41) is 6.27. The minimum absolute atomic E-state index is 0.161. The van der Waals surface area contributed by atoms with Crippen molar-refractivity contribution in [2.45, 2.75) is 12.8 Å². The van der Waals surface area contributed by atoms with Gasteiger partial charge in [-0.25, -0.2) is 4.79 Å². The molecule has 6 nitrogen and oxygen atoms in total. The number of urea groups is 1. The zero-order valence-electron chi connectivity index (χ0n) is 15.8. The molecule has 1 atom stereocenters. The number of methoxy groups -OCH3 is 1. The molecule has 0 bridgehead atoms. The maximum atomic E-state index is 12.6. The zero-order valence-corrected chi connectivity index (χ0v) is 16.5. The van der Waals surface area contributed by atoms with Crippen LogP contribution in [0.4, 0.5) is 10.5 Å².